The lowest BCUT2D eigenvalue weighted by Crippen LogP contribution is -2.21. The number of benzene rings is 1. The van der Waals surface area contributed by atoms with E-state index >= 15 is 0 Å². The average molecular weight is 271 g/mol. The van der Waals surface area contributed by atoms with Crippen molar-refractivity contribution in [2.24, 2.45) is 0 Å². The number of nitrogens with one attached hydrogen (secondary N) is 1. The van der Waals surface area contributed by atoms with Crippen molar-refractivity contribution in [3.8, 4) is 0 Å². The summed E-state index contributed by atoms with van der Waals surface area (Å²) in [6.45, 7) is 3.53. The molecule has 0 spiro atoms. The Labute approximate surface area is 107 Å². The van der Waals surface area contributed by atoms with Crippen molar-refractivity contribution in [2.45, 2.75) is 24.8 Å². The smallest absolute Gasteiger partial charge is 0.250 e. The molecular formula is C12H17NO4S. The lowest BCUT2D eigenvalue weighted by Gasteiger charge is -2.11. The summed E-state index contributed by atoms with van der Waals surface area (Å²) >= 11 is 0. The SMILES string of the molecule is CC(C)OCC(=O)Nc1ccccc1S(C)(=O)=O. The van der Waals surface area contributed by atoms with E-state index in [0.29, 0.717) is 0 Å². The number of rotatable bonds is 5. The van der Waals surface area contributed by atoms with Gasteiger partial charge in [-0.15, -0.1) is 0 Å². The highest BCUT2D eigenvalue weighted by Crippen LogP contribution is 2.20. The van der Waals surface area contributed by atoms with Crippen LogP contribution in [0.5, 0.6) is 0 Å². The average Bonchev–Trinajstić information content (AvgIpc) is 2.25. The van der Waals surface area contributed by atoms with Crippen LogP contribution in [0.4, 0.5) is 5.69 Å². The zero-order valence-electron chi connectivity index (χ0n) is 10.6. The van der Waals surface area contributed by atoms with E-state index in [1.165, 1.54) is 6.07 Å². The van der Waals surface area contributed by atoms with E-state index in [9.17, 15) is 13.2 Å². The van der Waals surface area contributed by atoms with E-state index in [1.54, 1.807) is 18.2 Å². The van der Waals surface area contributed by atoms with Gasteiger partial charge in [-0.3, -0.25) is 4.79 Å². The van der Waals surface area contributed by atoms with Gasteiger partial charge in [0.05, 0.1) is 16.7 Å². The van der Waals surface area contributed by atoms with Crippen LogP contribution in [0.25, 0.3) is 0 Å². The summed E-state index contributed by atoms with van der Waals surface area (Å²) in [4.78, 5) is 11.7. The zero-order chi connectivity index (χ0) is 13.8. The molecule has 0 aliphatic rings. The molecule has 100 valence electrons. The van der Waals surface area contributed by atoms with Crippen LogP contribution < -0.4 is 5.32 Å². The first kappa shape index (κ1) is 14.7. The molecule has 0 saturated carbocycles. The molecule has 1 N–H and O–H groups in total. The summed E-state index contributed by atoms with van der Waals surface area (Å²) in [6, 6.07) is 6.27. The Morgan fingerprint density at radius 3 is 2.50 bits per heavy atom. The Hall–Kier alpha value is -1.40. The molecule has 0 unspecified atom stereocenters. The molecule has 0 atom stereocenters. The van der Waals surface area contributed by atoms with Crippen molar-refractivity contribution in [3.63, 3.8) is 0 Å². The molecule has 5 nitrogen and oxygen atoms in total. The molecule has 0 bridgehead atoms. The van der Waals surface area contributed by atoms with Crippen LogP contribution in [-0.4, -0.2) is 33.3 Å². The Morgan fingerprint density at radius 2 is 1.94 bits per heavy atom. The molecule has 0 saturated heterocycles. The molecule has 0 fully saturated rings. The minimum absolute atomic E-state index is 0.0547. The Kier molecular flexibility index (Phi) is 4.86. The predicted octanol–water partition coefficient (Wildman–Crippen LogP) is 1.45. The molecule has 6 heteroatoms. The largest absolute Gasteiger partial charge is 0.369 e. The van der Waals surface area contributed by atoms with Gasteiger partial charge in [-0.1, -0.05) is 12.1 Å². The standard InChI is InChI=1S/C12H17NO4S/c1-9(2)17-8-12(14)13-10-6-4-5-7-11(10)18(3,15)16/h4-7,9H,8H2,1-3H3,(H,13,14). The summed E-state index contributed by atoms with van der Waals surface area (Å²) in [5.41, 5.74) is 0.275. The van der Waals surface area contributed by atoms with Gasteiger partial charge in [0, 0.05) is 6.26 Å². The number of amides is 1. The van der Waals surface area contributed by atoms with Crippen LogP contribution in [0.3, 0.4) is 0 Å². The maximum atomic E-state index is 11.6. The van der Waals surface area contributed by atoms with Gasteiger partial charge in [0.15, 0.2) is 9.84 Å². The van der Waals surface area contributed by atoms with Crippen LogP contribution >= 0.6 is 0 Å². The van der Waals surface area contributed by atoms with Gasteiger partial charge in [-0.05, 0) is 26.0 Å². The molecule has 1 aromatic carbocycles. The molecule has 0 aliphatic carbocycles. The molecule has 1 amide bonds. The van der Waals surface area contributed by atoms with Gasteiger partial charge in [0.2, 0.25) is 5.91 Å². The van der Waals surface area contributed by atoms with Crippen molar-refractivity contribution >= 4 is 21.4 Å². The summed E-state index contributed by atoms with van der Waals surface area (Å²) in [5.74, 6) is -0.375. The minimum atomic E-state index is -3.37. The number of hydrogen-bond donors (Lipinski definition) is 1. The summed E-state index contributed by atoms with van der Waals surface area (Å²) in [6.07, 6.45) is 1.05. The van der Waals surface area contributed by atoms with Crippen molar-refractivity contribution in [1.29, 1.82) is 0 Å². The van der Waals surface area contributed by atoms with E-state index in [0.717, 1.165) is 6.26 Å². The van der Waals surface area contributed by atoms with Crippen molar-refractivity contribution in [2.75, 3.05) is 18.2 Å². The third-order valence-electron chi connectivity index (χ3n) is 2.11. The lowest BCUT2D eigenvalue weighted by molar-refractivity contribution is -0.121. The highest BCUT2D eigenvalue weighted by molar-refractivity contribution is 7.90. The van der Waals surface area contributed by atoms with Crippen LogP contribution in [0.15, 0.2) is 29.2 Å². The number of para-hydroxylation sites is 1. The number of sulfone groups is 1. The molecular weight excluding hydrogens is 254 g/mol. The maximum Gasteiger partial charge on any atom is 0.250 e. The molecule has 18 heavy (non-hydrogen) atoms. The van der Waals surface area contributed by atoms with Gasteiger partial charge in [0.25, 0.3) is 0 Å². The third-order valence-corrected chi connectivity index (χ3v) is 3.26. The number of carbonyl (C=O) groups excluding carboxylic acids is 1. The quantitative estimate of drug-likeness (QED) is 0.880. The van der Waals surface area contributed by atoms with Gasteiger partial charge in [-0.2, -0.15) is 0 Å². The van der Waals surface area contributed by atoms with Gasteiger partial charge in [-0.25, -0.2) is 8.42 Å². The minimum Gasteiger partial charge on any atom is -0.369 e. The molecule has 0 aliphatic heterocycles. The summed E-state index contributed by atoms with van der Waals surface area (Å²) in [5, 5.41) is 2.53. The van der Waals surface area contributed by atoms with Crippen LogP contribution in [0, 0.1) is 0 Å². The normalized spacial score (nSPS) is 11.6. The van der Waals surface area contributed by atoms with Crippen LogP contribution in [-0.2, 0) is 19.4 Å². The second kappa shape index (κ2) is 5.97. The number of ether oxygens (including phenoxy) is 1. The fourth-order valence-corrected chi connectivity index (χ4v) is 2.17. The molecule has 0 heterocycles. The Balaban J connectivity index is 2.82. The second-order valence-corrected chi connectivity index (χ2v) is 6.16. The van der Waals surface area contributed by atoms with E-state index in [-0.39, 0.29) is 29.2 Å². The first-order chi connectivity index (χ1) is 8.30. The number of carbonyl (C=O) groups is 1. The van der Waals surface area contributed by atoms with Crippen molar-refractivity contribution in [3.05, 3.63) is 24.3 Å². The second-order valence-electron chi connectivity index (χ2n) is 4.18. The fraction of sp³-hybridized carbons (Fsp3) is 0.417. The van der Waals surface area contributed by atoms with Gasteiger partial charge < -0.3 is 10.1 Å². The highest BCUT2D eigenvalue weighted by Gasteiger charge is 2.14. The first-order valence-corrected chi connectivity index (χ1v) is 7.40. The monoisotopic (exact) mass is 271 g/mol. The predicted molar refractivity (Wildman–Crippen MR) is 69.3 cm³/mol. The Morgan fingerprint density at radius 1 is 1.33 bits per heavy atom. The van der Waals surface area contributed by atoms with Crippen molar-refractivity contribution < 1.29 is 17.9 Å². The number of anilines is 1. The first-order valence-electron chi connectivity index (χ1n) is 5.51. The van der Waals surface area contributed by atoms with Crippen LogP contribution in [0.1, 0.15) is 13.8 Å². The molecule has 1 rings (SSSR count). The van der Waals surface area contributed by atoms with Gasteiger partial charge >= 0.3 is 0 Å². The van der Waals surface area contributed by atoms with Crippen LogP contribution in [0.2, 0.25) is 0 Å². The molecule has 1 aromatic rings. The van der Waals surface area contributed by atoms with E-state index in [2.05, 4.69) is 5.32 Å². The van der Waals surface area contributed by atoms with Crippen molar-refractivity contribution in [1.82, 2.24) is 0 Å². The van der Waals surface area contributed by atoms with E-state index < -0.39 is 9.84 Å². The Bertz CT molecular complexity index is 523. The molecule has 0 aromatic heterocycles. The maximum absolute atomic E-state index is 11.6. The third kappa shape index (κ3) is 4.46. The summed E-state index contributed by atoms with van der Waals surface area (Å²) < 4.78 is 28.2. The van der Waals surface area contributed by atoms with E-state index in [4.69, 9.17) is 4.74 Å². The lowest BCUT2D eigenvalue weighted by atomic mass is 10.3. The van der Waals surface area contributed by atoms with Gasteiger partial charge in [0.1, 0.15) is 6.61 Å². The topological polar surface area (TPSA) is 72.5 Å². The fourth-order valence-electron chi connectivity index (χ4n) is 1.32. The highest BCUT2D eigenvalue weighted by atomic mass is 32.2. The zero-order valence-corrected chi connectivity index (χ0v) is 11.5. The summed E-state index contributed by atoms with van der Waals surface area (Å²) in [7, 11) is -3.37. The number of hydrogen-bond acceptors (Lipinski definition) is 4. The van der Waals surface area contributed by atoms with E-state index in [1.807, 2.05) is 13.8 Å². The molecule has 0 radical (unpaired) electrons.